The predicted molar refractivity (Wildman–Crippen MR) is 277 cm³/mol. The molecule has 4 aliphatic carbocycles. The van der Waals surface area contributed by atoms with Crippen molar-refractivity contribution >= 4 is 44.0 Å². The summed E-state index contributed by atoms with van der Waals surface area (Å²) in [5.74, 6) is 0.641. The molecule has 0 aliphatic heterocycles. The van der Waals surface area contributed by atoms with Crippen molar-refractivity contribution in [1.29, 1.82) is 0 Å². The molecule has 2 unspecified atom stereocenters. The van der Waals surface area contributed by atoms with E-state index < -0.39 is 8.32 Å². The smallest absolute Gasteiger partial charge is 0.192 e. The van der Waals surface area contributed by atoms with Crippen molar-refractivity contribution in [2.45, 2.75) is 124 Å². The van der Waals surface area contributed by atoms with Crippen molar-refractivity contribution in [3.63, 3.8) is 0 Å². The highest BCUT2D eigenvalue weighted by molar-refractivity contribution is 8.00. The van der Waals surface area contributed by atoms with Gasteiger partial charge in [-0.1, -0.05) is 45.8 Å². The molecule has 4 aromatic heterocycles. The summed E-state index contributed by atoms with van der Waals surface area (Å²) in [6, 6.07) is 13.0. The van der Waals surface area contributed by atoms with E-state index in [4.69, 9.17) is 9.52 Å². The molecule has 366 valence electrons. The molecule has 0 spiro atoms. The first-order valence-corrected chi connectivity index (χ1v) is 29.1. The van der Waals surface area contributed by atoms with Crippen molar-refractivity contribution in [2.24, 2.45) is 36.8 Å². The molecule has 2 fully saturated rings. The second-order valence-corrected chi connectivity index (χ2v) is 29.4. The highest BCUT2D eigenvalue weighted by Gasteiger charge is 2.48. The topological polar surface area (TPSA) is 101 Å². The van der Waals surface area contributed by atoms with E-state index in [1.54, 1.807) is 24.3 Å². The second-order valence-electron chi connectivity index (χ2n) is 21.7. The molecule has 15 heteroatoms. The zero-order chi connectivity index (χ0) is 48.9. The number of hydrogen-bond donors (Lipinski definition) is 1. The lowest BCUT2D eigenvalue weighted by Crippen LogP contribution is -2.47. The van der Waals surface area contributed by atoms with Crippen molar-refractivity contribution in [2.75, 3.05) is 13.2 Å². The highest BCUT2D eigenvalue weighted by atomic mass is 32.2. The molecule has 0 bridgehead atoms. The zero-order valence-electron chi connectivity index (χ0n) is 41.6. The van der Waals surface area contributed by atoms with Gasteiger partial charge in [-0.05, 0) is 153 Å². The van der Waals surface area contributed by atoms with Crippen LogP contribution in [0, 0.1) is 34.3 Å². The molecule has 4 aliphatic rings. The van der Waals surface area contributed by atoms with E-state index in [9.17, 15) is 13.9 Å². The first kappa shape index (κ1) is 49.4. The normalized spacial score (nSPS) is 23.1. The minimum Gasteiger partial charge on any atom is -0.416 e. The van der Waals surface area contributed by atoms with Crippen LogP contribution in [0.3, 0.4) is 0 Å². The number of aryl methyl sites for hydroxylation is 2. The maximum atomic E-state index is 13.6. The number of benzene rings is 2. The quantitative estimate of drug-likeness (QED) is 0.0956. The Hall–Kier alpha value is -4.54. The number of rotatable bonds is 12. The van der Waals surface area contributed by atoms with Gasteiger partial charge in [0.15, 0.2) is 8.32 Å². The van der Waals surface area contributed by atoms with Gasteiger partial charge < -0.3 is 9.53 Å². The van der Waals surface area contributed by atoms with Crippen molar-refractivity contribution < 1.29 is 18.3 Å². The van der Waals surface area contributed by atoms with Gasteiger partial charge in [-0.15, -0.1) is 23.5 Å². The fourth-order valence-corrected chi connectivity index (χ4v) is 14.2. The Morgan fingerprint density at radius 2 is 1.13 bits per heavy atom. The molecule has 6 aromatic rings. The molecule has 2 aromatic carbocycles. The summed E-state index contributed by atoms with van der Waals surface area (Å²) >= 11 is 3.82. The number of aliphatic hydroxyl groups excluding tert-OH is 1. The van der Waals surface area contributed by atoms with E-state index in [2.05, 4.69) is 87.6 Å². The lowest BCUT2D eigenvalue weighted by Gasteiger charge is -2.48. The van der Waals surface area contributed by atoms with Crippen LogP contribution < -0.4 is 0 Å². The summed E-state index contributed by atoms with van der Waals surface area (Å²) in [5.41, 5.74) is 8.91. The summed E-state index contributed by atoms with van der Waals surface area (Å²) in [4.78, 5) is 2.43. The lowest BCUT2D eigenvalue weighted by molar-refractivity contribution is 0.104. The molecule has 0 amide bonds. The van der Waals surface area contributed by atoms with Gasteiger partial charge in [-0.25, -0.2) is 18.1 Å². The van der Waals surface area contributed by atoms with E-state index >= 15 is 0 Å². The fraction of sp³-hybridized carbons (Fsp3) is 0.481. The Bertz CT molecular complexity index is 2820. The maximum Gasteiger partial charge on any atom is 0.192 e. The molecule has 0 radical (unpaired) electrons. The third-order valence-corrected chi connectivity index (χ3v) is 22.9. The predicted octanol–water partition coefficient (Wildman–Crippen LogP) is 12.3. The van der Waals surface area contributed by atoms with Crippen LogP contribution in [0.1, 0.15) is 95.7 Å². The summed E-state index contributed by atoms with van der Waals surface area (Å²) < 4.78 is 41.5. The number of hydrogen-bond acceptors (Lipinski definition) is 8. The van der Waals surface area contributed by atoms with Crippen molar-refractivity contribution in [3.05, 3.63) is 131 Å². The summed E-state index contributed by atoms with van der Waals surface area (Å²) in [7, 11) is 2.00. The van der Waals surface area contributed by atoms with Gasteiger partial charge >= 0.3 is 0 Å². The first-order valence-electron chi connectivity index (χ1n) is 24.5. The number of aliphatic hydroxyl groups is 1. The SMILES string of the molecule is CC(Sc1cnn(C)c1)[C@H]1CCC2=Cc3c(cnn3-c3ccc(F)cc3)C[C@]2(CO)C1.CC(Sc1cnn(C)c1)[C@H]1CCC2=Cc3c(cnn3-c3ccc(F)cc3)C[C@]2(CO[Si](C)(C)C(C)(C)C)C1. The number of fused-ring (bicyclic) bond motifs is 4. The first-order chi connectivity index (χ1) is 32.8. The molecule has 1 N–H and O–H groups in total. The Balaban J connectivity index is 0.000000175. The molecule has 4 heterocycles. The van der Waals surface area contributed by atoms with Gasteiger partial charge in [0.2, 0.25) is 0 Å². The van der Waals surface area contributed by atoms with E-state index in [-0.39, 0.29) is 34.1 Å². The Morgan fingerprint density at radius 3 is 1.55 bits per heavy atom. The molecular formula is C54H68F2N8O2S2Si. The number of nitrogens with zero attached hydrogens (tertiary/aromatic N) is 8. The van der Waals surface area contributed by atoms with Gasteiger partial charge in [0.25, 0.3) is 0 Å². The monoisotopic (exact) mass is 990 g/mol. The molecule has 0 saturated heterocycles. The minimum atomic E-state index is -1.92. The lowest BCUT2D eigenvalue weighted by atomic mass is 9.61. The maximum absolute atomic E-state index is 13.6. The fourth-order valence-electron chi connectivity index (χ4n) is 10.8. The molecule has 10 nitrogen and oxygen atoms in total. The van der Waals surface area contributed by atoms with Crippen LogP contribution in [0.5, 0.6) is 0 Å². The van der Waals surface area contributed by atoms with Crippen LogP contribution in [0.25, 0.3) is 23.5 Å². The van der Waals surface area contributed by atoms with Crippen LogP contribution in [0.2, 0.25) is 18.1 Å². The molecule has 6 atom stereocenters. The van der Waals surface area contributed by atoms with Gasteiger partial charge in [0, 0.05) is 64.2 Å². The largest absolute Gasteiger partial charge is 0.416 e. The van der Waals surface area contributed by atoms with Crippen LogP contribution in [-0.4, -0.2) is 76.3 Å². The van der Waals surface area contributed by atoms with Crippen LogP contribution in [-0.2, 0) is 31.4 Å². The van der Waals surface area contributed by atoms with Gasteiger partial charge in [-0.3, -0.25) is 9.36 Å². The molecular weight excluding hydrogens is 923 g/mol. The molecule has 10 rings (SSSR count). The van der Waals surface area contributed by atoms with Crippen LogP contribution >= 0.6 is 23.5 Å². The second kappa shape index (κ2) is 19.6. The van der Waals surface area contributed by atoms with Gasteiger partial charge in [0.05, 0.1) is 54.2 Å². The van der Waals surface area contributed by atoms with E-state index in [1.807, 2.05) is 81.1 Å². The Labute approximate surface area is 416 Å². The average molecular weight is 991 g/mol. The highest BCUT2D eigenvalue weighted by Crippen LogP contribution is 2.54. The van der Waals surface area contributed by atoms with Crippen molar-refractivity contribution in [3.8, 4) is 11.4 Å². The average Bonchev–Trinajstić information content (AvgIpc) is 4.14. The Kier molecular flexibility index (Phi) is 14.0. The van der Waals surface area contributed by atoms with Crippen LogP contribution in [0.4, 0.5) is 8.78 Å². The van der Waals surface area contributed by atoms with Gasteiger partial charge in [-0.2, -0.15) is 20.4 Å². The van der Waals surface area contributed by atoms with E-state index in [0.717, 1.165) is 79.9 Å². The molecule has 2 saturated carbocycles. The standard InChI is InChI=1S/C30H41FN4OSSi.C24H27FN4OS/c1-21(37-27-18-32-34(5)19-27)22-8-9-24-14-28-23(17-33-35(28)26-12-10-25(31)11-13-26)16-30(24,15-22)20-36-38(6,7)29(2,3)4;1-16(31-22-13-26-28(2)14-22)17-3-4-19-9-23-18(11-24(19,10-17)15-30)12-27-29(23)21-7-5-20(25)6-8-21/h10-14,17-19,21-22H,8-9,15-16,20H2,1-7H3;5-9,12-14,16-17,30H,3-4,10-11,15H2,1-2H3/t21?,22-,30-;16?,17-,24-/m00/s1. The third kappa shape index (κ3) is 10.3. The zero-order valence-corrected chi connectivity index (χ0v) is 44.3. The summed E-state index contributed by atoms with van der Waals surface area (Å²) in [5, 5.41) is 29.6. The Morgan fingerprint density at radius 1 is 0.696 bits per heavy atom. The molecule has 69 heavy (non-hydrogen) atoms. The van der Waals surface area contributed by atoms with E-state index in [0.29, 0.717) is 22.3 Å². The summed E-state index contributed by atoms with van der Waals surface area (Å²) in [6.45, 7) is 17.2. The van der Waals surface area contributed by atoms with E-state index in [1.165, 1.54) is 57.2 Å². The number of aromatic nitrogens is 8. The summed E-state index contributed by atoms with van der Waals surface area (Å²) in [6.07, 6.45) is 24.7. The minimum absolute atomic E-state index is 0.0220. The number of halogens is 2. The number of thioether (sulfide) groups is 2. The van der Waals surface area contributed by atoms with Gasteiger partial charge in [0.1, 0.15) is 11.6 Å². The van der Waals surface area contributed by atoms with Crippen LogP contribution in [0.15, 0.2) is 107 Å². The van der Waals surface area contributed by atoms with Crippen molar-refractivity contribution in [1.82, 2.24) is 39.1 Å². The third-order valence-electron chi connectivity index (χ3n) is 16.0.